The molecule has 3 fully saturated rings. The van der Waals surface area contributed by atoms with Crippen LogP contribution < -0.4 is 5.32 Å². The van der Waals surface area contributed by atoms with Crippen molar-refractivity contribution in [1.82, 2.24) is 20.0 Å². The number of nitrogens with one attached hydrogen (secondary N) is 1. The standard InChI is InChI=1S/C23H35N5O.HI/c1-2-24-23(25-21-17-20(21)19-9-5-3-6-10-19)28-15-13-26(14-16-28)18-22(29)27-11-7-4-8-12-27;/h3,5-6,9-10,20-21H,2,4,7-8,11-18H2,1H3,(H,24,25);1H. The van der Waals surface area contributed by atoms with E-state index in [1.165, 1.54) is 18.4 Å². The summed E-state index contributed by atoms with van der Waals surface area (Å²) in [6.45, 7) is 9.06. The second kappa shape index (κ2) is 11.3. The molecule has 2 atom stereocenters. The number of carbonyl (C=O) groups is 1. The second-order valence-electron chi connectivity index (χ2n) is 8.51. The van der Waals surface area contributed by atoms with Gasteiger partial charge in [0.1, 0.15) is 0 Å². The van der Waals surface area contributed by atoms with Crippen molar-refractivity contribution >= 4 is 35.8 Å². The van der Waals surface area contributed by atoms with Crippen LogP contribution in [0.2, 0.25) is 0 Å². The van der Waals surface area contributed by atoms with Crippen LogP contribution >= 0.6 is 24.0 Å². The Morgan fingerprint density at radius 2 is 1.70 bits per heavy atom. The summed E-state index contributed by atoms with van der Waals surface area (Å²) in [6.07, 6.45) is 4.76. The fourth-order valence-electron chi connectivity index (χ4n) is 4.53. The Bertz CT molecular complexity index is 699. The highest BCUT2D eigenvalue weighted by atomic mass is 127. The van der Waals surface area contributed by atoms with Crippen LogP contribution in [-0.2, 0) is 4.79 Å². The number of piperidine rings is 1. The summed E-state index contributed by atoms with van der Waals surface area (Å²) in [5, 5.41) is 3.70. The molecule has 0 aromatic heterocycles. The van der Waals surface area contributed by atoms with Crippen molar-refractivity contribution in [2.45, 2.75) is 44.6 Å². The fourth-order valence-corrected chi connectivity index (χ4v) is 4.53. The van der Waals surface area contributed by atoms with Gasteiger partial charge in [0.25, 0.3) is 0 Å². The van der Waals surface area contributed by atoms with Gasteiger partial charge in [0, 0.05) is 57.8 Å². The SMILES string of the molecule is CCN=C(NC1CC1c1ccccc1)N1CCN(CC(=O)N2CCCCC2)CC1.I. The van der Waals surface area contributed by atoms with Crippen LogP contribution in [0.15, 0.2) is 35.3 Å². The lowest BCUT2D eigenvalue weighted by Gasteiger charge is -2.37. The third-order valence-electron chi connectivity index (χ3n) is 6.38. The molecular weight excluding hydrogens is 489 g/mol. The highest BCUT2D eigenvalue weighted by Gasteiger charge is 2.39. The van der Waals surface area contributed by atoms with E-state index in [4.69, 9.17) is 4.99 Å². The number of benzene rings is 1. The first-order valence-corrected chi connectivity index (χ1v) is 11.4. The van der Waals surface area contributed by atoms with Crippen LogP contribution in [-0.4, -0.2) is 85.0 Å². The average molecular weight is 525 g/mol. The van der Waals surface area contributed by atoms with E-state index in [9.17, 15) is 4.79 Å². The van der Waals surface area contributed by atoms with Gasteiger partial charge in [-0.05, 0) is 38.2 Å². The van der Waals surface area contributed by atoms with Crippen LogP contribution in [0.5, 0.6) is 0 Å². The molecule has 0 bridgehead atoms. The maximum Gasteiger partial charge on any atom is 0.236 e. The first kappa shape index (κ1) is 23.3. The lowest BCUT2D eigenvalue weighted by atomic mass is 10.1. The summed E-state index contributed by atoms with van der Waals surface area (Å²) in [6, 6.07) is 11.3. The van der Waals surface area contributed by atoms with E-state index in [-0.39, 0.29) is 24.0 Å². The predicted octanol–water partition coefficient (Wildman–Crippen LogP) is 2.76. The van der Waals surface area contributed by atoms with Gasteiger partial charge >= 0.3 is 0 Å². The number of guanidine groups is 1. The number of hydrogen-bond donors (Lipinski definition) is 1. The minimum absolute atomic E-state index is 0. The summed E-state index contributed by atoms with van der Waals surface area (Å²) >= 11 is 0. The Labute approximate surface area is 198 Å². The monoisotopic (exact) mass is 525 g/mol. The van der Waals surface area contributed by atoms with Gasteiger partial charge in [0.2, 0.25) is 5.91 Å². The second-order valence-corrected chi connectivity index (χ2v) is 8.51. The van der Waals surface area contributed by atoms with Gasteiger partial charge in [-0.25, -0.2) is 0 Å². The molecule has 7 heteroatoms. The van der Waals surface area contributed by atoms with E-state index in [2.05, 4.69) is 57.3 Å². The maximum atomic E-state index is 12.5. The predicted molar refractivity (Wildman–Crippen MR) is 133 cm³/mol. The van der Waals surface area contributed by atoms with E-state index >= 15 is 0 Å². The van der Waals surface area contributed by atoms with E-state index < -0.39 is 0 Å². The highest BCUT2D eigenvalue weighted by molar-refractivity contribution is 14.0. The van der Waals surface area contributed by atoms with Gasteiger partial charge < -0.3 is 15.1 Å². The number of aliphatic imine (C=N–C) groups is 1. The molecule has 2 saturated heterocycles. The zero-order valence-corrected chi connectivity index (χ0v) is 20.5. The molecule has 30 heavy (non-hydrogen) atoms. The number of amides is 1. The summed E-state index contributed by atoms with van der Waals surface area (Å²) in [5.74, 6) is 1.95. The van der Waals surface area contributed by atoms with Crippen LogP contribution in [0.1, 0.15) is 44.1 Å². The first-order valence-electron chi connectivity index (χ1n) is 11.4. The topological polar surface area (TPSA) is 51.2 Å². The zero-order chi connectivity index (χ0) is 20.1. The molecule has 1 aromatic carbocycles. The van der Waals surface area contributed by atoms with Crippen LogP contribution in [0, 0.1) is 0 Å². The third kappa shape index (κ3) is 6.09. The quantitative estimate of drug-likeness (QED) is 0.365. The van der Waals surface area contributed by atoms with Crippen LogP contribution in [0.3, 0.4) is 0 Å². The van der Waals surface area contributed by atoms with Crippen molar-refractivity contribution in [1.29, 1.82) is 0 Å². The van der Waals surface area contributed by atoms with Gasteiger partial charge in [-0.3, -0.25) is 14.7 Å². The molecule has 0 spiro atoms. The number of halogens is 1. The summed E-state index contributed by atoms with van der Waals surface area (Å²) in [7, 11) is 0. The molecule has 6 nitrogen and oxygen atoms in total. The zero-order valence-electron chi connectivity index (χ0n) is 18.1. The molecule has 1 aromatic rings. The van der Waals surface area contributed by atoms with Crippen molar-refractivity contribution < 1.29 is 4.79 Å². The normalized spacial score (nSPS) is 24.9. The largest absolute Gasteiger partial charge is 0.353 e. The van der Waals surface area contributed by atoms with Gasteiger partial charge in [0.05, 0.1) is 6.54 Å². The van der Waals surface area contributed by atoms with Gasteiger partial charge in [0.15, 0.2) is 5.96 Å². The summed E-state index contributed by atoms with van der Waals surface area (Å²) in [4.78, 5) is 24.0. The molecule has 4 rings (SSSR count). The van der Waals surface area contributed by atoms with Crippen LogP contribution in [0.25, 0.3) is 0 Å². The number of carbonyl (C=O) groups excluding carboxylic acids is 1. The average Bonchev–Trinajstić information content (AvgIpc) is 3.54. The molecule has 3 aliphatic rings. The Morgan fingerprint density at radius 3 is 2.37 bits per heavy atom. The van der Waals surface area contributed by atoms with Crippen molar-refractivity contribution in [3.8, 4) is 0 Å². The number of hydrogen-bond acceptors (Lipinski definition) is 3. The Hall–Kier alpha value is -1.35. The molecule has 1 amide bonds. The number of nitrogens with zero attached hydrogens (tertiary/aromatic N) is 4. The minimum Gasteiger partial charge on any atom is -0.353 e. The molecule has 2 unspecified atom stereocenters. The molecule has 1 N–H and O–H groups in total. The molecule has 2 heterocycles. The highest BCUT2D eigenvalue weighted by Crippen LogP contribution is 2.40. The van der Waals surface area contributed by atoms with Gasteiger partial charge in [-0.15, -0.1) is 24.0 Å². The van der Waals surface area contributed by atoms with Gasteiger partial charge in [-0.2, -0.15) is 0 Å². The lowest BCUT2D eigenvalue weighted by Crippen LogP contribution is -2.55. The molecule has 1 aliphatic carbocycles. The number of piperazine rings is 1. The minimum atomic E-state index is 0. The summed E-state index contributed by atoms with van der Waals surface area (Å²) < 4.78 is 0. The molecule has 166 valence electrons. The molecule has 0 radical (unpaired) electrons. The van der Waals surface area contributed by atoms with Crippen molar-refractivity contribution in [2.24, 2.45) is 4.99 Å². The summed E-state index contributed by atoms with van der Waals surface area (Å²) in [5.41, 5.74) is 1.42. The third-order valence-corrected chi connectivity index (χ3v) is 6.38. The van der Waals surface area contributed by atoms with Gasteiger partial charge in [-0.1, -0.05) is 30.3 Å². The smallest absolute Gasteiger partial charge is 0.236 e. The van der Waals surface area contributed by atoms with E-state index in [1.54, 1.807) is 0 Å². The molecule has 2 aliphatic heterocycles. The molecular formula is C23H36IN5O. The van der Waals surface area contributed by atoms with Crippen molar-refractivity contribution in [2.75, 3.05) is 52.4 Å². The van der Waals surface area contributed by atoms with E-state index in [1.807, 2.05) is 0 Å². The van der Waals surface area contributed by atoms with E-state index in [0.29, 0.717) is 24.4 Å². The van der Waals surface area contributed by atoms with Crippen molar-refractivity contribution in [3.63, 3.8) is 0 Å². The fraction of sp³-hybridized carbons (Fsp3) is 0.652. The Balaban J connectivity index is 0.00000256. The van der Waals surface area contributed by atoms with E-state index in [0.717, 1.165) is 64.6 Å². The number of rotatable bonds is 5. The number of likely N-dealkylation sites (tertiary alicyclic amines) is 1. The van der Waals surface area contributed by atoms with Crippen molar-refractivity contribution in [3.05, 3.63) is 35.9 Å². The first-order chi connectivity index (χ1) is 14.2. The lowest BCUT2D eigenvalue weighted by molar-refractivity contribution is -0.133. The maximum absolute atomic E-state index is 12.5. The Morgan fingerprint density at radius 1 is 1.00 bits per heavy atom. The Kier molecular flexibility index (Phi) is 8.80. The van der Waals surface area contributed by atoms with Crippen LogP contribution in [0.4, 0.5) is 0 Å². The molecule has 1 saturated carbocycles.